The van der Waals surface area contributed by atoms with Crippen molar-refractivity contribution in [3.05, 3.63) is 41.6 Å². The lowest BCUT2D eigenvalue weighted by molar-refractivity contribution is -0.116. The minimum absolute atomic E-state index is 0.0916. The normalized spacial score (nSPS) is 17.5. The van der Waals surface area contributed by atoms with Crippen LogP contribution in [0.1, 0.15) is 13.3 Å². The summed E-state index contributed by atoms with van der Waals surface area (Å²) >= 11 is 8.94. The second-order valence-corrected chi connectivity index (χ2v) is 8.08. The van der Waals surface area contributed by atoms with E-state index in [1.165, 1.54) is 16.7 Å². The van der Waals surface area contributed by atoms with E-state index in [2.05, 4.69) is 23.2 Å². The van der Waals surface area contributed by atoms with Crippen molar-refractivity contribution >= 4 is 46.7 Å². The number of carbonyl (C=O) groups excluding carboxylic acids is 1. The van der Waals surface area contributed by atoms with Crippen molar-refractivity contribution in [3.63, 3.8) is 0 Å². The molecule has 0 aliphatic carbocycles. The maximum absolute atomic E-state index is 12.7. The van der Waals surface area contributed by atoms with Crippen LogP contribution >= 0.6 is 35.1 Å². The van der Waals surface area contributed by atoms with Crippen LogP contribution in [0.15, 0.2) is 46.3 Å². The number of halogens is 1. The summed E-state index contributed by atoms with van der Waals surface area (Å²) in [6, 6.07) is 11.6. The maximum Gasteiger partial charge on any atom is 0.237 e. The van der Waals surface area contributed by atoms with Crippen LogP contribution in [0.4, 0.5) is 5.69 Å². The van der Waals surface area contributed by atoms with E-state index in [1.807, 2.05) is 34.9 Å². The van der Waals surface area contributed by atoms with Crippen molar-refractivity contribution in [1.82, 2.24) is 10.2 Å². The summed E-state index contributed by atoms with van der Waals surface area (Å²) in [4.78, 5) is 15.7. The maximum atomic E-state index is 12.7. The Morgan fingerprint density at radius 2 is 2.17 bits per heavy atom. The minimum atomic E-state index is 0.0916. The third-order valence-electron chi connectivity index (χ3n) is 3.50. The van der Waals surface area contributed by atoms with E-state index >= 15 is 0 Å². The Morgan fingerprint density at radius 1 is 1.35 bits per heavy atom. The fourth-order valence-corrected chi connectivity index (χ4v) is 4.24. The molecule has 7 heteroatoms. The number of benzene rings is 1. The Kier molecular flexibility index (Phi) is 5.46. The van der Waals surface area contributed by atoms with Crippen LogP contribution in [0.2, 0.25) is 5.15 Å². The Hall–Kier alpha value is -1.24. The monoisotopic (exact) mass is 365 g/mol. The van der Waals surface area contributed by atoms with Crippen LogP contribution in [-0.4, -0.2) is 33.7 Å². The second-order valence-electron chi connectivity index (χ2n) is 5.21. The highest BCUT2D eigenvalue weighted by Gasteiger charge is 2.24. The number of para-hydroxylation sites is 1. The molecule has 1 atom stereocenters. The molecular weight excluding hydrogens is 350 g/mol. The lowest BCUT2D eigenvalue weighted by atomic mass is 10.2. The van der Waals surface area contributed by atoms with Crippen LogP contribution in [0.25, 0.3) is 0 Å². The molecule has 0 unspecified atom stereocenters. The predicted molar refractivity (Wildman–Crippen MR) is 96.5 cm³/mol. The van der Waals surface area contributed by atoms with Gasteiger partial charge in [0.25, 0.3) is 0 Å². The number of thioether (sulfide) groups is 2. The topological polar surface area (TPSA) is 46.1 Å². The van der Waals surface area contributed by atoms with Crippen LogP contribution in [-0.2, 0) is 4.79 Å². The summed E-state index contributed by atoms with van der Waals surface area (Å²) in [6.07, 6.45) is 0.983. The highest BCUT2D eigenvalue weighted by atomic mass is 35.5. The molecule has 0 fully saturated rings. The summed E-state index contributed by atoms with van der Waals surface area (Å²) in [6.45, 7) is 2.95. The molecule has 1 amide bonds. The van der Waals surface area contributed by atoms with Gasteiger partial charge in [0.2, 0.25) is 5.91 Å². The molecule has 120 valence electrons. The smallest absolute Gasteiger partial charge is 0.237 e. The number of rotatable bonds is 3. The Bertz CT molecular complexity index is 696. The zero-order valence-corrected chi connectivity index (χ0v) is 15.0. The quantitative estimate of drug-likeness (QED) is 0.765. The summed E-state index contributed by atoms with van der Waals surface area (Å²) in [5, 5.41) is 9.33. The molecule has 0 bridgehead atoms. The molecule has 0 N–H and O–H groups in total. The molecule has 0 saturated carbocycles. The van der Waals surface area contributed by atoms with Gasteiger partial charge in [-0.25, -0.2) is 0 Å². The van der Waals surface area contributed by atoms with Crippen molar-refractivity contribution in [2.45, 2.75) is 28.5 Å². The summed E-state index contributed by atoms with van der Waals surface area (Å²) in [5.41, 5.74) is 1.01. The summed E-state index contributed by atoms with van der Waals surface area (Å²) in [5.74, 6) is 0.429. The summed E-state index contributed by atoms with van der Waals surface area (Å²) < 4.78 is 0. The van der Waals surface area contributed by atoms with Gasteiger partial charge in [0.05, 0.1) is 11.4 Å². The van der Waals surface area contributed by atoms with Gasteiger partial charge < -0.3 is 4.90 Å². The van der Waals surface area contributed by atoms with Gasteiger partial charge in [-0.3, -0.25) is 4.79 Å². The number of hydrogen-bond donors (Lipinski definition) is 0. The van der Waals surface area contributed by atoms with Gasteiger partial charge in [-0.1, -0.05) is 42.4 Å². The standard InChI is InChI=1S/C16H16ClN3OS2/c1-11-8-9-20(12-4-2-3-5-13(12)23-11)16(21)10-22-15-7-6-14(17)18-19-15/h2-7,11H,8-10H2,1H3/t11-/m1/s1. The second kappa shape index (κ2) is 7.55. The predicted octanol–water partition coefficient (Wildman–Crippen LogP) is 4.14. The fourth-order valence-electron chi connectivity index (χ4n) is 2.34. The molecule has 0 spiro atoms. The number of anilines is 1. The van der Waals surface area contributed by atoms with Crippen LogP contribution in [0.3, 0.4) is 0 Å². The van der Waals surface area contributed by atoms with Crippen molar-refractivity contribution in [2.75, 3.05) is 17.2 Å². The molecule has 3 rings (SSSR count). The molecule has 1 aliphatic rings. The molecule has 4 nitrogen and oxygen atoms in total. The minimum Gasteiger partial charge on any atom is -0.311 e. The number of amides is 1. The molecular formula is C16H16ClN3OS2. The molecule has 0 saturated heterocycles. The first kappa shape index (κ1) is 16.6. The van der Waals surface area contributed by atoms with Crippen molar-refractivity contribution < 1.29 is 4.79 Å². The largest absolute Gasteiger partial charge is 0.311 e. The van der Waals surface area contributed by atoms with Gasteiger partial charge in [0.15, 0.2) is 5.15 Å². The first-order valence-corrected chi connectivity index (χ1v) is 9.56. The SMILES string of the molecule is C[C@@H]1CCN(C(=O)CSc2ccc(Cl)nn2)c2ccccc2S1. The van der Waals surface area contributed by atoms with E-state index < -0.39 is 0 Å². The number of aromatic nitrogens is 2. The Morgan fingerprint density at radius 3 is 2.96 bits per heavy atom. The average molecular weight is 366 g/mol. The van der Waals surface area contributed by atoms with E-state index in [4.69, 9.17) is 11.6 Å². The fraction of sp³-hybridized carbons (Fsp3) is 0.312. The van der Waals surface area contributed by atoms with Gasteiger partial charge in [0, 0.05) is 16.7 Å². The molecule has 1 aromatic carbocycles. The molecule has 2 heterocycles. The Labute approximate surface area is 149 Å². The third-order valence-corrected chi connectivity index (χ3v) is 5.84. The summed E-state index contributed by atoms with van der Waals surface area (Å²) in [7, 11) is 0. The highest BCUT2D eigenvalue weighted by molar-refractivity contribution is 8.00. The van der Waals surface area contributed by atoms with E-state index in [1.54, 1.807) is 12.1 Å². The third kappa shape index (κ3) is 4.19. The van der Waals surface area contributed by atoms with Crippen LogP contribution < -0.4 is 4.90 Å². The zero-order valence-electron chi connectivity index (χ0n) is 12.6. The van der Waals surface area contributed by atoms with Crippen molar-refractivity contribution in [1.29, 1.82) is 0 Å². The first-order chi connectivity index (χ1) is 11.1. The zero-order chi connectivity index (χ0) is 16.2. The number of nitrogens with zero attached hydrogens (tertiary/aromatic N) is 3. The van der Waals surface area contributed by atoms with E-state index in [0.717, 1.165) is 18.7 Å². The van der Waals surface area contributed by atoms with Gasteiger partial charge in [0.1, 0.15) is 5.03 Å². The van der Waals surface area contributed by atoms with Crippen molar-refractivity contribution in [3.8, 4) is 0 Å². The lowest BCUT2D eigenvalue weighted by Crippen LogP contribution is -2.33. The van der Waals surface area contributed by atoms with Gasteiger partial charge in [-0.2, -0.15) is 0 Å². The molecule has 23 heavy (non-hydrogen) atoms. The molecule has 1 aliphatic heterocycles. The van der Waals surface area contributed by atoms with E-state index in [9.17, 15) is 4.79 Å². The molecule has 0 radical (unpaired) electrons. The number of hydrogen-bond acceptors (Lipinski definition) is 5. The first-order valence-electron chi connectivity index (χ1n) is 7.31. The highest BCUT2D eigenvalue weighted by Crippen LogP contribution is 2.37. The average Bonchev–Trinajstić information content (AvgIpc) is 2.72. The van der Waals surface area contributed by atoms with E-state index in [0.29, 0.717) is 21.2 Å². The molecule has 2 aromatic rings. The van der Waals surface area contributed by atoms with Crippen LogP contribution in [0.5, 0.6) is 0 Å². The van der Waals surface area contributed by atoms with Crippen LogP contribution in [0, 0.1) is 0 Å². The van der Waals surface area contributed by atoms with Crippen molar-refractivity contribution in [2.24, 2.45) is 0 Å². The number of fused-ring (bicyclic) bond motifs is 1. The van der Waals surface area contributed by atoms with E-state index in [-0.39, 0.29) is 5.91 Å². The Balaban J connectivity index is 1.72. The van der Waals surface area contributed by atoms with Gasteiger partial charge in [-0.05, 0) is 30.7 Å². The van der Waals surface area contributed by atoms with Gasteiger partial charge >= 0.3 is 0 Å². The molecule has 1 aromatic heterocycles. The van der Waals surface area contributed by atoms with Gasteiger partial charge in [-0.15, -0.1) is 22.0 Å². The number of carbonyl (C=O) groups is 1. The lowest BCUT2D eigenvalue weighted by Gasteiger charge is -2.22.